The molecule has 4 rings (SSSR count). The number of urea groups is 1. The van der Waals surface area contributed by atoms with Crippen LogP contribution in [0.1, 0.15) is 5.82 Å². The van der Waals surface area contributed by atoms with Gasteiger partial charge in [0, 0.05) is 34.3 Å². The van der Waals surface area contributed by atoms with Gasteiger partial charge in [-0.25, -0.2) is 19.7 Å². The summed E-state index contributed by atoms with van der Waals surface area (Å²) in [6, 6.07) is 21.3. The number of anilines is 6. The van der Waals surface area contributed by atoms with Crippen LogP contribution < -0.4 is 21.3 Å². The average molecular weight is 446 g/mol. The summed E-state index contributed by atoms with van der Waals surface area (Å²) in [4.78, 5) is 25.2. The van der Waals surface area contributed by atoms with Crippen LogP contribution in [0.5, 0.6) is 0 Å². The van der Waals surface area contributed by atoms with Crippen LogP contribution in [0.4, 0.5) is 39.3 Å². The Hall–Kier alpha value is -4.17. The molecule has 2 heterocycles. The molecule has 0 fully saturated rings. The van der Waals surface area contributed by atoms with E-state index in [0.29, 0.717) is 39.7 Å². The first kappa shape index (κ1) is 21.1. The van der Waals surface area contributed by atoms with Gasteiger partial charge in [0.05, 0.1) is 0 Å². The van der Waals surface area contributed by atoms with Gasteiger partial charge in [-0.2, -0.15) is 0 Å². The zero-order chi connectivity index (χ0) is 22.3. The second-order valence-corrected chi connectivity index (χ2v) is 7.25. The first-order valence-electron chi connectivity index (χ1n) is 9.78. The van der Waals surface area contributed by atoms with E-state index >= 15 is 0 Å². The lowest BCUT2D eigenvalue weighted by Crippen LogP contribution is -2.19. The molecular formula is C23H20ClN7O. The van der Waals surface area contributed by atoms with Gasteiger partial charge in [-0.3, -0.25) is 0 Å². The number of pyridine rings is 1. The minimum absolute atomic E-state index is 0.357. The highest BCUT2D eigenvalue weighted by Gasteiger charge is 2.06. The first-order chi connectivity index (χ1) is 15.5. The summed E-state index contributed by atoms with van der Waals surface area (Å²) in [7, 11) is 0. The number of benzene rings is 2. The van der Waals surface area contributed by atoms with E-state index in [1.165, 1.54) is 0 Å². The molecule has 2 amide bonds. The summed E-state index contributed by atoms with van der Waals surface area (Å²) in [6.45, 7) is 1.82. The fraction of sp³-hybridized carbons (Fsp3) is 0.0435. The standard InChI is InChI=1S/C23H20ClN7O/c1-15-26-21(14-22(27-15)31-20-7-2-3-12-25-20)28-17-8-10-18(11-9-17)29-23(32)30-19-6-4-5-16(24)13-19/h2-14H,1H3,(H2,29,30,32)(H2,25,26,27,28,31). The zero-order valence-corrected chi connectivity index (χ0v) is 17.9. The minimum atomic E-state index is -0.357. The number of aromatic nitrogens is 3. The number of rotatable bonds is 6. The van der Waals surface area contributed by atoms with Crippen molar-refractivity contribution in [3.63, 3.8) is 0 Å². The number of nitrogens with one attached hydrogen (secondary N) is 4. The Kier molecular flexibility index (Phi) is 6.43. The van der Waals surface area contributed by atoms with Crippen LogP contribution in [0, 0.1) is 6.92 Å². The Balaban J connectivity index is 1.38. The fourth-order valence-corrected chi connectivity index (χ4v) is 3.10. The van der Waals surface area contributed by atoms with E-state index in [9.17, 15) is 4.79 Å². The Morgan fingerprint density at radius 2 is 1.47 bits per heavy atom. The molecule has 2 aromatic carbocycles. The Morgan fingerprint density at radius 1 is 0.750 bits per heavy atom. The smallest absolute Gasteiger partial charge is 0.323 e. The van der Waals surface area contributed by atoms with Crippen molar-refractivity contribution < 1.29 is 4.79 Å². The van der Waals surface area contributed by atoms with Gasteiger partial charge in [-0.1, -0.05) is 23.7 Å². The van der Waals surface area contributed by atoms with E-state index in [-0.39, 0.29) is 6.03 Å². The summed E-state index contributed by atoms with van der Waals surface area (Å²) in [5.74, 6) is 2.58. The number of hydrogen-bond donors (Lipinski definition) is 4. The van der Waals surface area contributed by atoms with Crippen molar-refractivity contribution >= 4 is 52.1 Å². The van der Waals surface area contributed by atoms with Crippen molar-refractivity contribution in [1.82, 2.24) is 15.0 Å². The zero-order valence-electron chi connectivity index (χ0n) is 17.1. The van der Waals surface area contributed by atoms with Crippen LogP contribution in [-0.4, -0.2) is 21.0 Å². The van der Waals surface area contributed by atoms with Crippen LogP contribution in [0.3, 0.4) is 0 Å². The minimum Gasteiger partial charge on any atom is -0.340 e. The molecule has 4 N–H and O–H groups in total. The van der Waals surface area contributed by atoms with Crippen LogP contribution in [0.25, 0.3) is 0 Å². The highest BCUT2D eigenvalue weighted by molar-refractivity contribution is 6.30. The van der Waals surface area contributed by atoms with Crippen LogP contribution in [0.15, 0.2) is 79.0 Å². The number of carbonyl (C=O) groups excluding carboxylic acids is 1. The van der Waals surface area contributed by atoms with Crippen molar-refractivity contribution in [2.75, 3.05) is 21.3 Å². The van der Waals surface area contributed by atoms with Gasteiger partial charge < -0.3 is 21.3 Å². The molecule has 0 bridgehead atoms. The van der Waals surface area contributed by atoms with Gasteiger partial charge in [0.15, 0.2) is 0 Å². The maximum absolute atomic E-state index is 12.2. The Labute approximate surface area is 190 Å². The van der Waals surface area contributed by atoms with Crippen molar-refractivity contribution in [3.8, 4) is 0 Å². The van der Waals surface area contributed by atoms with Gasteiger partial charge in [-0.15, -0.1) is 0 Å². The molecule has 0 spiro atoms. The lowest BCUT2D eigenvalue weighted by atomic mass is 10.2. The maximum atomic E-state index is 12.2. The maximum Gasteiger partial charge on any atom is 0.323 e. The number of hydrogen-bond acceptors (Lipinski definition) is 6. The van der Waals surface area contributed by atoms with Crippen molar-refractivity contribution in [1.29, 1.82) is 0 Å². The predicted octanol–water partition coefficient (Wildman–Crippen LogP) is 5.96. The molecule has 8 nitrogen and oxygen atoms in total. The number of nitrogens with zero attached hydrogens (tertiary/aromatic N) is 3. The van der Waals surface area contributed by atoms with Gasteiger partial charge >= 0.3 is 6.03 Å². The highest BCUT2D eigenvalue weighted by atomic mass is 35.5. The third-order valence-corrected chi connectivity index (χ3v) is 4.49. The molecule has 0 saturated carbocycles. The summed E-state index contributed by atoms with van der Waals surface area (Å²) >= 11 is 5.94. The monoisotopic (exact) mass is 445 g/mol. The molecule has 0 aliphatic carbocycles. The van der Waals surface area contributed by atoms with E-state index in [0.717, 1.165) is 5.69 Å². The van der Waals surface area contributed by atoms with Crippen LogP contribution in [0.2, 0.25) is 5.02 Å². The molecule has 2 aromatic heterocycles. The van der Waals surface area contributed by atoms with E-state index in [4.69, 9.17) is 11.6 Å². The molecule has 0 aliphatic heterocycles. The number of amides is 2. The second-order valence-electron chi connectivity index (χ2n) is 6.82. The van der Waals surface area contributed by atoms with Crippen molar-refractivity contribution in [2.24, 2.45) is 0 Å². The lowest BCUT2D eigenvalue weighted by Gasteiger charge is -2.11. The molecule has 0 atom stereocenters. The molecule has 9 heteroatoms. The van der Waals surface area contributed by atoms with Gasteiger partial charge in [0.25, 0.3) is 0 Å². The predicted molar refractivity (Wildman–Crippen MR) is 128 cm³/mol. The Morgan fingerprint density at radius 3 is 2.19 bits per heavy atom. The number of carbonyl (C=O) groups is 1. The molecule has 0 saturated heterocycles. The first-order valence-corrected chi connectivity index (χ1v) is 10.2. The van der Waals surface area contributed by atoms with Gasteiger partial charge in [0.2, 0.25) is 0 Å². The molecule has 0 aliphatic rings. The van der Waals surface area contributed by atoms with E-state index in [1.54, 1.807) is 48.7 Å². The summed E-state index contributed by atoms with van der Waals surface area (Å²) in [5.41, 5.74) is 2.07. The molecule has 160 valence electrons. The van der Waals surface area contributed by atoms with Crippen LogP contribution >= 0.6 is 11.6 Å². The van der Waals surface area contributed by atoms with E-state index in [2.05, 4.69) is 36.2 Å². The molecule has 0 radical (unpaired) electrons. The Bertz CT molecular complexity index is 1220. The normalized spacial score (nSPS) is 10.3. The van der Waals surface area contributed by atoms with E-state index in [1.807, 2.05) is 37.3 Å². The largest absolute Gasteiger partial charge is 0.340 e. The van der Waals surface area contributed by atoms with Gasteiger partial charge in [0.1, 0.15) is 23.3 Å². The van der Waals surface area contributed by atoms with E-state index < -0.39 is 0 Å². The number of aryl methyl sites for hydroxylation is 1. The topological polar surface area (TPSA) is 104 Å². The van der Waals surface area contributed by atoms with Crippen molar-refractivity contribution in [2.45, 2.75) is 6.92 Å². The molecule has 0 unspecified atom stereocenters. The third kappa shape index (κ3) is 5.93. The van der Waals surface area contributed by atoms with Crippen molar-refractivity contribution in [3.05, 3.63) is 89.8 Å². The third-order valence-electron chi connectivity index (χ3n) is 4.26. The summed E-state index contributed by atoms with van der Waals surface area (Å²) in [5, 5.41) is 12.5. The fourth-order valence-electron chi connectivity index (χ4n) is 2.91. The molecule has 4 aromatic rings. The average Bonchev–Trinajstić information content (AvgIpc) is 2.75. The summed E-state index contributed by atoms with van der Waals surface area (Å²) in [6.07, 6.45) is 1.71. The number of halogens is 1. The molecular weight excluding hydrogens is 426 g/mol. The summed E-state index contributed by atoms with van der Waals surface area (Å²) < 4.78 is 0. The molecule has 32 heavy (non-hydrogen) atoms. The quantitative estimate of drug-likeness (QED) is 0.291. The van der Waals surface area contributed by atoms with Crippen LogP contribution in [-0.2, 0) is 0 Å². The highest BCUT2D eigenvalue weighted by Crippen LogP contribution is 2.21. The lowest BCUT2D eigenvalue weighted by molar-refractivity contribution is 0.262. The second kappa shape index (κ2) is 9.76. The SMILES string of the molecule is Cc1nc(Nc2ccc(NC(=O)Nc3cccc(Cl)c3)cc2)cc(Nc2ccccn2)n1. The van der Waals surface area contributed by atoms with Gasteiger partial charge in [-0.05, 0) is 61.5 Å².